The summed E-state index contributed by atoms with van der Waals surface area (Å²) < 4.78 is 5.07. The Morgan fingerprint density at radius 2 is 2.62 bits per heavy atom. The van der Waals surface area contributed by atoms with E-state index in [1.165, 1.54) is 0 Å². The van der Waals surface area contributed by atoms with Gasteiger partial charge in [-0.1, -0.05) is 0 Å². The molecule has 0 spiro atoms. The van der Waals surface area contributed by atoms with Crippen LogP contribution in [0.15, 0.2) is 0 Å². The molecule has 0 radical (unpaired) electrons. The molecule has 1 saturated carbocycles. The molecular formula is C6H8O2. The summed E-state index contributed by atoms with van der Waals surface area (Å²) in [4.78, 5) is 10.3. The van der Waals surface area contributed by atoms with E-state index in [0.29, 0.717) is 12.5 Å². The molecule has 1 aliphatic carbocycles. The molecule has 2 nitrogen and oxygen atoms in total. The van der Waals surface area contributed by atoms with Gasteiger partial charge < -0.3 is 9.53 Å². The highest BCUT2D eigenvalue weighted by atomic mass is 16.5. The summed E-state index contributed by atoms with van der Waals surface area (Å²) in [5.41, 5.74) is 0.000000000000000222. The van der Waals surface area contributed by atoms with Crippen molar-refractivity contribution in [3.05, 3.63) is 0 Å². The van der Waals surface area contributed by atoms with Gasteiger partial charge in [-0.15, -0.1) is 0 Å². The topological polar surface area (TPSA) is 26.3 Å². The molecule has 0 aromatic heterocycles. The Labute approximate surface area is 47.8 Å². The quantitative estimate of drug-likeness (QED) is 0.453. The number of hydrogen-bond acceptors (Lipinski definition) is 2. The van der Waals surface area contributed by atoms with Gasteiger partial charge in [0.05, 0.1) is 18.6 Å². The van der Waals surface area contributed by atoms with E-state index in [1.54, 1.807) is 0 Å². The van der Waals surface area contributed by atoms with Crippen molar-refractivity contribution in [3.63, 3.8) is 0 Å². The largest absolute Gasteiger partial charge is 0.380 e. The van der Waals surface area contributed by atoms with Crippen molar-refractivity contribution in [1.29, 1.82) is 0 Å². The van der Waals surface area contributed by atoms with Gasteiger partial charge in [-0.25, -0.2) is 0 Å². The van der Waals surface area contributed by atoms with Crippen LogP contribution in [0.1, 0.15) is 6.42 Å². The van der Waals surface area contributed by atoms with Crippen LogP contribution in [0.5, 0.6) is 0 Å². The van der Waals surface area contributed by atoms with Crippen LogP contribution in [-0.4, -0.2) is 19.5 Å². The first-order valence-electron chi connectivity index (χ1n) is 2.91. The van der Waals surface area contributed by atoms with Crippen LogP contribution < -0.4 is 0 Å². The van der Waals surface area contributed by atoms with Crippen LogP contribution in [0.25, 0.3) is 0 Å². The van der Waals surface area contributed by atoms with Gasteiger partial charge in [0, 0.05) is 0 Å². The second-order valence-corrected chi connectivity index (χ2v) is 2.77. The first kappa shape index (κ1) is 4.50. The third-order valence-corrected chi connectivity index (χ3v) is 2.20. The number of rotatable bonds is 1. The molecule has 0 aromatic rings. The van der Waals surface area contributed by atoms with Crippen molar-refractivity contribution in [2.75, 3.05) is 13.2 Å². The molecule has 0 unspecified atom stereocenters. The highest BCUT2D eigenvalue weighted by molar-refractivity contribution is 5.65. The van der Waals surface area contributed by atoms with Gasteiger partial charge in [0.2, 0.25) is 0 Å². The summed E-state index contributed by atoms with van der Waals surface area (Å²) in [7, 11) is 0. The van der Waals surface area contributed by atoms with Gasteiger partial charge in [-0.2, -0.15) is 0 Å². The number of ether oxygens (including phenoxy) is 1. The number of aldehydes is 1. The summed E-state index contributed by atoms with van der Waals surface area (Å²) in [5.74, 6) is 0.583. The number of fused-ring (bicyclic) bond motifs is 1. The Morgan fingerprint density at radius 3 is 2.88 bits per heavy atom. The van der Waals surface area contributed by atoms with Crippen molar-refractivity contribution in [1.82, 2.24) is 0 Å². The average Bonchev–Trinajstić information content (AvgIpc) is 2.38. The SMILES string of the molecule is O=C[C@]12COC[C@H]1C2. The average molecular weight is 112 g/mol. The van der Waals surface area contributed by atoms with E-state index in [4.69, 9.17) is 4.74 Å². The highest BCUT2D eigenvalue weighted by Crippen LogP contribution is 2.54. The molecule has 2 fully saturated rings. The minimum Gasteiger partial charge on any atom is -0.380 e. The molecule has 8 heavy (non-hydrogen) atoms. The molecule has 44 valence electrons. The number of carbonyl (C=O) groups excluding carboxylic acids is 1. The van der Waals surface area contributed by atoms with E-state index < -0.39 is 0 Å². The lowest BCUT2D eigenvalue weighted by Crippen LogP contribution is -2.05. The third kappa shape index (κ3) is 0.348. The summed E-state index contributed by atoms with van der Waals surface area (Å²) in [6.07, 6.45) is 2.14. The maximum atomic E-state index is 10.3. The predicted octanol–water partition coefficient (Wildman–Crippen LogP) is 0.222. The van der Waals surface area contributed by atoms with Crippen molar-refractivity contribution in [3.8, 4) is 0 Å². The minimum absolute atomic E-state index is 0.000000000000000222. The molecule has 2 rings (SSSR count). The standard InChI is InChI=1S/C6H8O2/c7-3-6-1-5(6)2-8-4-6/h3,5H,1-2,4H2/t5-,6-/m1/s1. The lowest BCUT2D eigenvalue weighted by Gasteiger charge is -1.95. The van der Waals surface area contributed by atoms with E-state index in [1.807, 2.05) is 0 Å². The van der Waals surface area contributed by atoms with E-state index in [9.17, 15) is 4.79 Å². The monoisotopic (exact) mass is 112 g/mol. The van der Waals surface area contributed by atoms with Gasteiger partial charge in [0.25, 0.3) is 0 Å². The fourth-order valence-electron chi connectivity index (χ4n) is 1.37. The Morgan fingerprint density at radius 1 is 1.75 bits per heavy atom. The molecule has 1 aliphatic heterocycles. The Bertz CT molecular complexity index is 132. The first-order valence-corrected chi connectivity index (χ1v) is 2.91. The van der Waals surface area contributed by atoms with Gasteiger partial charge in [0.15, 0.2) is 0 Å². The van der Waals surface area contributed by atoms with Crippen LogP contribution in [0.3, 0.4) is 0 Å². The van der Waals surface area contributed by atoms with Crippen LogP contribution in [-0.2, 0) is 9.53 Å². The lowest BCUT2D eigenvalue weighted by atomic mass is 10.1. The van der Waals surface area contributed by atoms with E-state index >= 15 is 0 Å². The summed E-state index contributed by atoms with van der Waals surface area (Å²) in [6.45, 7) is 1.50. The van der Waals surface area contributed by atoms with Crippen LogP contribution in [0.2, 0.25) is 0 Å². The predicted molar refractivity (Wildman–Crippen MR) is 27.4 cm³/mol. The number of hydrogen-bond donors (Lipinski definition) is 0. The third-order valence-electron chi connectivity index (χ3n) is 2.20. The summed E-state index contributed by atoms with van der Waals surface area (Å²) in [5, 5.41) is 0. The zero-order valence-electron chi connectivity index (χ0n) is 4.59. The van der Waals surface area contributed by atoms with Crippen molar-refractivity contribution >= 4 is 6.29 Å². The molecule has 0 bridgehead atoms. The molecule has 1 heterocycles. The maximum absolute atomic E-state index is 10.3. The minimum atomic E-state index is 0.000000000000000222. The van der Waals surface area contributed by atoms with E-state index in [2.05, 4.69) is 0 Å². The molecule has 2 atom stereocenters. The zero-order chi connectivity index (χ0) is 5.61. The molecule has 2 heteroatoms. The van der Waals surface area contributed by atoms with E-state index in [-0.39, 0.29) is 5.41 Å². The molecular weight excluding hydrogens is 104 g/mol. The summed E-state index contributed by atoms with van der Waals surface area (Å²) in [6, 6.07) is 0. The Hall–Kier alpha value is -0.370. The van der Waals surface area contributed by atoms with Crippen LogP contribution in [0.4, 0.5) is 0 Å². The van der Waals surface area contributed by atoms with Crippen LogP contribution >= 0.6 is 0 Å². The number of carbonyl (C=O) groups is 1. The van der Waals surface area contributed by atoms with Gasteiger partial charge in [-0.05, 0) is 12.3 Å². The van der Waals surface area contributed by atoms with Crippen molar-refractivity contribution in [2.45, 2.75) is 6.42 Å². The molecule has 0 amide bonds. The summed E-state index contributed by atoms with van der Waals surface area (Å²) >= 11 is 0. The first-order chi connectivity index (χ1) is 3.87. The zero-order valence-corrected chi connectivity index (χ0v) is 4.59. The van der Waals surface area contributed by atoms with Crippen molar-refractivity contribution < 1.29 is 9.53 Å². The van der Waals surface area contributed by atoms with Gasteiger partial charge in [0.1, 0.15) is 6.29 Å². The second kappa shape index (κ2) is 1.13. The van der Waals surface area contributed by atoms with Gasteiger partial charge in [-0.3, -0.25) is 0 Å². The lowest BCUT2D eigenvalue weighted by molar-refractivity contribution is -0.112. The Kier molecular flexibility index (Phi) is 0.637. The highest BCUT2D eigenvalue weighted by Gasteiger charge is 2.58. The van der Waals surface area contributed by atoms with Gasteiger partial charge >= 0.3 is 0 Å². The molecule has 0 N–H and O–H groups in total. The fourth-order valence-corrected chi connectivity index (χ4v) is 1.37. The van der Waals surface area contributed by atoms with Crippen molar-refractivity contribution in [2.24, 2.45) is 11.3 Å². The fraction of sp³-hybridized carbons (Fsp3) is 0.833. The van der Waals surface area contributed by atoms with Crippen LogP contribution in [0, 0.1) is 11.3 Å². The molecule has 0 aromatic carbocycles. The maximum Gasteiger partial charge on any atom is 0.128 e. The smallest absolute Gasteiger partial charge is 0.128 e. The molecule has 1 saturated heterocycles. The Balaban J connectivity index is 2.18. The second-order valence-electron chi connectivity index (χ2n) is 2.77. The normalized spacial score (nSPS) is 50.8. The molecule has 2 aliphatic rings. The van der Waals surface area contributed by atoms with E-state index in [0.717, 1.165) is 19.3 Å².